The van der Waals surface area contributed by atoms with Gasteiger partial charge in [0, 0.05) is 23.9 Å². The Morgan fingerprint density at radius 1 is 1.25 bits per heavy atom. The number of thiazole rings is 1. The van der Waals surface area contributed by atoms with Crippen molar-refractivity contribution in [2.24, 2.45) is 0 Å². The number of hydrogen-bond donors (Lipinski definition) is 2. The fraction of sp³-hybridized carbons (Fsp3) is 0.500. The van der Waals surface area contributed by atoms with E-state index in [0.29, 0.717) is 12.5 Å². The van der Waals surface area contributed by atoms with Crippen LogP contribution in [0.5, 0.6) is 0 Å². The molecule has 1 saturated carbocycles. The average molecular weight is 289 g/mol. The van der Waals surface area contributed by atoms with Gasteiger partial charge in [-0.1, -0.05) is 6.92 Å². The lowest BCUT2D eigenvalue weighted by atomic mass is 10.3. The lowest BCUT2D eigenvalue weighted by Crippen LogP contribution is -2.08. The van der Waals surface area contributed by atoms with E-state index in [1.54, 1.807) is 11.3 Å². The Hall–Kier alpha value is -1.69. The van der Waals surface area contributed by atoms with E-state index >= 15 is 0 Å². The van der Waals surface area contributed by atoms with Gasteiger partial charge in [0.05, 0.1) is 17.7 Å². The lowest BCUT2D eigenvalue weighted by Gasteiger charge is -2.10. The predicted molar refractivity (Wildman–Crippen MR) is 82.2 cm³/mol. The summed E-state index contributed by atoms with van der Waals surface area (Å²) < 4.78 is 0. The standard InChI is InChI=1S/C14H19N5S/c1-2-5-15-12-6-13(16-7-11-8-20-9-17-11)19-14(18-12)10-3-4-10/h6,8-10H,2-5,7H2,1H3,(H2,15,16,18,19). The summed E-state index contributed by atoms with van der Waals surface area (Å²) in [7, 11) is 0. The zero-order chi connectivity index (χ0) is 13.8. The zero-order valence-corrected chi connectivity index (χ0v) is 12.4. The summed E-state index contributed by atoms with van der Waals surface area (Å²) in [6.07, 6.45) is 3.51. The van der Waals surface area contributed by atoms with Crippen LogP contribution in [-0.2, 0) is 6.54 Å². The van der Waals surface area contributed by atoms with Gasteiger partial charge in [0.1, 0.15) is 17.5 Å². The van der Waals surface area contributed by atoms with Crippen LogP contribution in [0.2, 0.25) is 0 Å². The third kappa shape index (κ3) is 3.45. The Labute approximate surface area is 122 Å². The molecule has 1 fully saturated rings. The molecule has 0 saturated heterocycles. The smallest absolute Gasteiger partial charge is 0.136 e. The maximum Gasteiger partial charge on any atom is 0.136 e. The highest BCUT2D eigenvalue weighted by atomic mass is 32.1. The molecule has 0 aromatic carbocycles. The molecular formula is C14H19N5S. The summed E-state index contributed by atoms with van der Waals surface area (Å²) in [5, 5.41) is 8.73. The second-order valence-corrected chi connectivity index (χ2v) is 5.75. The third-order valence-corrected chi connectivity index (χ3v) is 3.81. The van der Waals surface area contributed by atoms with Gasteiger partial charge in [-0.15, -0.1) is 11.3 Å². The number of aromatic nitrogens is 3. The van der Waals surface area contributed by atoms with Crippen molar-refractivity contribution >= 4 is 23.0 Å². The summed E-state index contributed by atoms with van der Waals surface area (Å²) in [6.45, 7) is 3.79. The van der Waals surface area contributed by atoms with Crippen LogP contribution >= 0.6 is 11.3 Å². The summed E-state index contributed by atoms with van der Waals surface area (Å²) in [5.74, 6) is 3.32. The summed E-state index contributed by atoms with van der Waals surface area (Å²) >= 11 is 1.61. The molecule has 20 heavy (non-hydrogen) atoms. The molecule has 1 aliphatic rings. The minimum Gasteiger partial charge on any atom is -0.370 e. The van der Waals surface area contributed by atoms with Crippen molar-refractivity contribution in [1.29, 1.82) is 0 Å². The molecule has 0 bridgehead atoms. The van der Waals surface area contributed by atoms with Crippen molar-refractivity contribution in [3.63, 3.8) is 0 Å². The van der Waals surface area contributed by atoms with Gasteiger partial charge >= 0.3 is 0 Å². The molecule has 5 nitrogen and oxygen atoms in total. The van der Waals surface area contributed by atoms with Gasteiger partial charge in [-0.05, 0) is 19.3 Å². The van der Waals surface area contributed by atoms with E-state index in [1.165, 1.54) is 12.8 Å². The van der Waals surface area contributed by atoms with Gasteiger partial charge in [0.15, 0.2) is 0 Å². The molecule has 2 aromatic heterocycles. The second kappa shape index (κ2) is 6.17. The van der Waals surface area contributed by atoms with Gasteiger partial charge in [0.2, 0.25) is 0 Å². The molecule has 0 unspecified atom stereocenters. The van der Waals surface area contributed by atoms with Gasteiger partial charge in [0.25, 0.3) is 0 Å². The first-order valence-electron chi connectivity index (χ1n) is 7.09. The average Bonchev–Trinajstić information content (AvgIpc) is 3.20. The van der Waals surface area contributed by atoms with Gasteiger partial charge < -0.3 is 10.6 Å². The fourth-order valence-electron chi connectivity index (χ4n) is 1.93. The van der Waals surface area contributed by atoms with Crippen LogP contribution in [0, 0.1) is 0 Å². The molecule has 2 heterocycles. The molecule has 6 heteroatoms. The van der Waals surface area contributed by atoms with Crippen molar-refractivity contribution < 1.29 is 0 Å². The summed E-state index contributed by atoms with van der Waals surface area (Å²) in [4.78, 5) is 13.5. The second-order valence-electron chi connectivity index (χ2n) is 5.03. The van der Waals surface area contributed by atoms with Crippen LogP contribution in [0.1, 0.15) is 43.6 Å². The largest absolute Gasteiger partial charge is 0.370 e. The molecule has 0 aliphatic heterocycles. The Balaban J connectivity index is 1.72. The number of rotatable bonds is 7. The molecule has 2 aromatic rings. The van der Waals surface area contributed by atoms with E-state index in [-0.39, 0.29) is 0 Å². The first kappa shape index (κ1) is 13.3. The molecule has 0 spiro atoms. The molecule has 2 N–H and O–H groups in total. The highest BCUT2D eigenvalue weighted by Gasteiger charge is 2.27. The van der Waals surface area contributed by atoms with Crippen LogP contribution in [0.25, 0.3) is 0 Å². The predicted octanol–water partition coefficient (Wildman–Crippen LogP) is 3.24. The Morgan fingerprint density at radius 3 is 2.70 bits per heavy atom. The Kier molecular flexibility index (Phi) is 4.11. The van der Waals surface area contributed by atoms with Gasteiger partial charge in [-0.3, -0.25) is 0 Å². The Morgan fingerprint density at radius 2 is 2.05 bits per heavy atom. The molecular weight excluding hydrogens is 270 g/mol. The highest BCUT2D eigenvalue weighted by Crippen LogP contribution is 2.38. The number of anilines is 2. The van der Waals surface area contributed by atoms with E-state index in [4.69, 9.17) is 0 Å². The van der Waals surface area contributed by atoms with E-state index < -0.39 is 0 Å². The van der Waals surface area contributed by atoms with E-state index in [2.05, 4.69) is 32.5 Å². The van der Waals surface area contributed by atoms with Gasteiger partial charge in [-0.2, -0.15) is 0 Å². The number of hydrogen-bond acceptors (Lipinski definition) is 6. The van der Waals surface area contributed by atoms with Crippen molar-refractivity contribution in [1.82, 2.24) is 15.0 Å². The molecule has 3 rings (SSSR count). The topological polar surface area (TPSA) is 62.7 Å². The van der Waals surface area contributed by atoms with E-state index in [1.807, 2.05) is 17.0 Å². The number of nitrogens with zero attached hydrogens (tertiary/aromatic N) is 3. The molecule has 0 atom stereocenters. The lowest BCUT2D eigenvalue weighted by molar-refractivity contribution is 0.903. The van der Waals surface area contributed by atoms with Crippen molar-refractivity contribution in [2.75, 3.05) is 17.2 Å². The SMILES string of the molecule is CCCNc1cc(NCc2cscn2)nc(C2CC2)n1. The maximum absolute atomic E-state index is 4.62. The highest BCUT2D eigenvalue weighted by molar-refractivity contribution is 7.07. The van der Waals surface area contributed by atoms with Crippen LogP contribution in [0.4, 0.5) is 11.6 Å². The molecule has 0 amide bonds. The van der Waals surface area contributed by atoms with Crippen LogP contribution in [0.15, 0.2) is 17.0 Å². The van der Waals surface area contributed by atoms with E-state index in [0.717, 1.165) is 36.1 Å². The normalized spacial score (nSPS) is 14.2. The van der Waals surface area contributed by atoms with Crippen molar-refractivity contribution in [3.8, 4) is 0 Å². The molecule has 106 valence electrons. The molecule has 0 radical (unpaired) electrons. The monoisotopic (exact) mass is 289 g/mol. The van der Waals surface area contributed by atoms with E-state index in [9.17, 15) is 0 Å². The van der Waals surface area contributed by atoms with Crippen LogP contribution < -0.4 is 10.6 Å². The van der Waals surface area contributed by atoms with Crippen molar-refractivity contribution in [3.05, 3.63) is 28.5 Å². The Bertz CT molecular complexity index is 551. The van der Waals surface area contributed by atoms with Gasteiger partial charge in [-0.25, -0.2) is 15.0 Å². The quantitative estimate of drug-likeness (QED) is 0.819. The van der Waals surface area contributed by atoms with Crippen LogP contribution in [-0.4, -0.2) is 21.5 Å². The summed E-state index contributed by atoms with van der Waals surface area (Å²) in [6, 6.07) is 1.98. The van der Waals surface area contributed by atoms with Crippen LogP contribution in [0.3, 0.4) is 0 Å². The minimum atomic E-state index is 0.554. The first-order chi connectivity index (χ1) is 9.85. The maximum atomic E-state index is 4.62. The first-order valence-corrected chi connectivity index (χ1v) is 8.03. The molecule has 1 aliphatic carbocycles. The summed E-state index contributed by atoms with van der Waals surface area (Å²) in [5.41, 5.74) is 2.89. The number of nitrogens with one attached hydrogen (secondary N) is 2. The minimum absolute atomic E-state index is 0.554. The van der Waals surface area contributed by atoms with Crippen molar-refractivity contribution in [2.45, 2.75) is 38.6 Å². The zero-order valence-electron chi connectivity index (χ0n) is 11.6. The fourth-order valence-corrected chi connectivity index (χ4v) is 2.49. The third-order valence-electron chi connectivity index (χ3n) is 3.18.